The summed E-state index contributed by atoms with van der Waals surface area (Å²) in [6.07, 6.45) is 2.37. The minimum Gasteiger partial charge on any atom is -0.374 e. The van der Waals surface area contributed by atoms with Gasteiger partial charge in [0.15, 0.2) is 0 Å². The van der Waals surface area contributed by atoms with Gasteiger partial charge >= 0.3 is 0 Å². The first kappa shape index (κ1) is 13.5. The summed E-state index contributed by atoms with van der Waals surface area (Å²) in [6, 6.07) is 0.354. The number of rotatable bonds is 5. The molecule has 1 N–H and O–H groups in total. The molecule has 1 rings (SSSR count). The van der Waals surface area contributed by atoms with Crippen LogP contribution in [-0.2, 0) is 4.74 Å². The van der Waals surface area contributed by atoms with Crippen LogP contribution in [0.2, 0.25) is 0 Å². The second-order valence-electron chi connectivity index (χ2n) is 4.24. The van der Waals surface area contributed by atoms with Crippen molar-refractivity contribution in [3.05, 3.63) is 0 Å². The molecule has 0 spiro atoms. The van der Waals surface area contributed by atoms with E-state index in [9.17, 15) is 0 Å². The molecular formula is C13H24N2O. The standard InChI is InChI=1S/C13H24N2O/c1-4-6-7-12(14-3)13-11-15(8-5-2)9-10-16-13/h12-14H,5,7-11H2,1-3H3. The van der Waals surface area contributed by atoms with Gasteiger partial charge in [-0.15, -0.1) is 11.8 Å². The Balaban J connectivity index is 2.45. The minimum absolute atomic E-state index is 0.283. The highest BCUT2D eigenvalue weighted by Crippen LogP contribution is 2.11. The molecule has 3 nitrogen and oxygen atoms in total. The molecule has 3 heteroatoms. The first-order chi connectivity index (χ1) is 7.81. The minimum atomic E-state index is 0.283. The van der Waals surface area contributed by atoms with Crippen LogP contribution in [0.25, 0.3) is 0 Å². The average Bonchev–Trinajstić information content (AvgIpc) is 2.31. The van der Waals surface area contributed by atoms with Crippen molar-refractivity contribution in [1.82, 2.24) is 10.2 Å². The van der Waals surface area contributed by atoms with E-state index < -0.39 is 0 Å². The summed E-state index contributed by atoms with van der Waals surface area (Å²) >= 11 is 0. The number of nitrogens with one attached hydrogen (secondary N) is 1. The number of hydrogen-bond donors (Lipinski definition) is 1. The van der Waals surface area contributed by atoms with E-state index in [0.717, 1.165) is 26.1 Å². The van der Waals surface area contributed by atoms with Crippen molar-refractivity contribution in [2.24, 2.45) is 0 Å². The van der Waals surface area contributed by atoms with E-state index in [1.807, 2.05) is 14.0 Å². The van der Waals surface area contributed by atoms with E-state index in [4.69, 9.17) is 4.74 Å². The van der Waals surface area contributed by atoms with Crippen LogP contribution in [0.4, 0.5) is 0 Å². The molecule has 0 aromatic carbocycles. The predicted molar refractivity (Wildman–Crippen MR) is 67.4 cm³/mol. The Kier molecular flexibility index (Phi) is 6.47. The summed E-state index contributed by atoms with van der Waals surface area (Å²) < 4.78 is 5.83. The molecule has 0 bridgehead atoms. The fourth-order valence-corrected chi connectivity index (χ4v) is 2.13. The van der Waals surface area contributed by atoms with Crippen molar-refractivity contribution in [3.63, 3.8) is 0 Å². The fraction of sp³-hybridized carbons (Fsp3) is 0.846. The van der Waals surface area contributed by atoms with Crippen LogP contribution in [0, 0.1) is 11.8 Å². The molecule has 92 valence electrons. The lowest BCUT2D eigenvalue weighted by Crippen LogP contribution is -2.51. The van der Waals surface area contributed by atoms with Crippen LogP contribution in [0.15, 0.2) is 0 Å². The smallest absolute Gasteiger partial charge is 0.0864 e. The largest absolute Gasteiger partial charge is 0.374 e. The maximum Gasteiger partial charge on any atom is 0.0864 e. The fourth-order valence-electron chi connectivity index (χ4n) is 2.13. The second kappa shape index (κ2) is 7.67. The molecule has 2 unspecified atom stereocenters. The van der Waals surface area contributed by atoms with Crippen LogP contribution in [0.5, 0.6) is 0 Å². The summed E-state index contributed by atoms with van der Waals surface area (Å²) in [6.45, 7) is 8.24. The van der Waals surface area contributed by atoms with Crippen LogP contribution < -0.4 is 5.32 Å². The third-order valence-electron chi connectivity index (χ3n) is 3.04. The maximum absolute atomic E-state index is 5.83. The highest BCUT2D eigenvalue weighted by atomic mass is 16.5. The maximum atomic E-state index is 5.83. The number of nitrogens with zero attached hydrogens (tertiary/aromatic N) is 1. The summed E-state index contributed by atoms with van der Waals surface area (Å²) in [5.41, 5.74) is 0. The average molecular weight is 224 g/mol. The normalized spacial score (nSPS) is 23.6. The molecule has 0 aliphatic carbocycles. The molecule has 0 amide bonds. The van der Waals surface area contributed by atoms with Gasteiger partial charge < -0.3 is 10.1 Å². The zero-order valence-electron chi connectivity index (χ0n) is 10.8. The molecule has 0 aromatic heterocycles. The van der Waals surface area contributed by atoms with Gasteiger partial charge in [0.25, 0.3) is 0 Å². The van der Waals surface area contributed by atoms with Gasteiger partial charge in [-0.2, -0.15) is 0 Å². The predicted octanol–water partition coefficient (Wildman–Crippen LogP) is 1.10. The number of likely N-dealkylation sites (N-methyl/N-ethyl adjacent to an activating group) is 1. The van der Waals surface area contributed by atoms with Crippen molar-refractivity contribution >= 4 is 0 Å². The number of hydrogen-bond acceptors (Lipinski definition) is 3. The van der Waals surface area contributed by atoms with E-state index in [2.05, 4.69) is 29.0 Å². The molecule has 2 atom stereocenters. The summed E-state index contributed by atoms with van der Waals surface area (Å²) in [5.74, 6) is 6.08. The molecule has 1 fully saturated rings. The second-order valence-corrected chi connectivity index (χ2v) is 4.24. The van der Waals surface area contributed by atoms with Gasteiger partial charge in [-0.25, -0.2) is 0 Å². The Morgan fingerprint density at radius 2 is 2.38 bits per heavy atom. The van der Waals surface area contributed by atoms with E-state index >= 15 is 0 Å². The Morgan fingerprint density at radius 3 is 3.00 bits per heavy atom. The lowest BCUT2D eigenvalue weighted by Gasteiger charge is -2.36. The quantitative estimate of drug-likeness (QED) is 0.708. The van der Waals surface area contributed by atoms with Crippen LogP contribution in [0.1, 0.15) is 26.7 Å². The number of ether oxygens (including phenoxy) is 1. The zero-order valence-corrected chi connectivity index (χ0v) is 10.8. The van der Waals surface area contributed by atoms with Crippen molar-refractivity contribution in [2.75, 3.05) is 33.3 Å². The molecule has 1 aliphatic heterocycles. The Labute approximate surface area is 99.5 Å². The lowest BCUT2D eigenvalue weighted by molar-refractivity contribution is -0.0443. The molecule has 16 heavy (non-hydrogen) atoms. The highest BCUT2D eigenvalue weighted by molar-refractivity contribution is 5.00. The van der Waals surface area contributed by atoms with Gasteiger partial charge in [0.1, 0.15) is 0 Å². The van der Waals surface area contributed by atoms with Crippen LogP contribution in [-0.4, -0.2) is 50.3 Å². The Morgan fingerprint density at radius 1 is 1.56 bits per heavy atom. The zero-order chi connectivity index (χ0) is 11.8. The van der Waals surface area contributed by atoms with Crippen LogP contribution >= 0.6 is 0 Å². The summed E-state index contributed by atoms with van der Waals surface area (Å²) in [5, 5.41) is 3.32. The Bertz CT molecular complexity index is 242. The van der Waals surface area contributed by atoms with Gasteiger partial charge in [-0.05, 0) is 26.9 Å². The summed E-state index contributed by atoms with van der Waals surface area (Å²) in [7, 11) is 1.99. The Hall–Kier alpha value is -0.560. The molecule has 0 aromatic rings. The molecule has 1 saturated heterocycles. The van der Waals surface area contributed by atoms with Gasteiger partial charge in [0.2, 0.25) is 0 Å². The third kappa shape index (κ3) is 4.13. The molecular weight excluding hydrogens is 200 g/mol. The monoisotopic (exact) mass is 224 g/mol. The SMILES string of the molecule is CC#CCC(NC)C1CN(CCC)CCO1. The van der Waals surface area contributed by atoms with Crippen molar-refractivity contribution in [1.29, 1.82) is 0 Å². The summed E-state index contributed by atoms with van der Waals surface area (Å²) in [4.78, 5) is 2.48. The van der Waals surface area contributed by atoms with E-state index in [1.165, 1.54) is 13.0 Å². The number of morpholine rings is 1. The molecule has 0 radical (unpaired) electrons. The topological polar surface area (TPSA) is 24.5 Å². The van der Waals surface area contributed by atoms with E-state index in [0.29, 0.717) is 6.04 Å². The molecule has 1 heterocycles. The van der Waals surface area contributed by atoms with E-state index in [-0.39, 0.29) is 6.10 Å². The van der Waals surface area contributed by atoms with Gasteiger partial charge in [-0.3, -0.25) is 4.90 Å². The van der Waals surface area contributed by atoms with Gasteiger partial charge in [0.05, 0.1) is 12.7 Å². The lowest BCUT2D eigenvalue weighted by atomic mass is 10.1. The molecule has 1 aliphatic rings. The third-order valence-corrected chi connectivity index (χ3v) is 3.04. The van der Waals surface area contributed by atoms with Crippen molar-refractivity contribution < 1.29 is 4.74 Å². The first-order valence-electron chi connectivity index (χ1n) is 6.22. The van der Waals surface area contributed by atoms with Crippen molar-refractivity contribution in [3.8, 4) is 11.8 Å². The van der Waals surface area contributed by atoms with Crippen molar-refractivity contribution in [2.45, 2.75) is 38.8 Å². The first-order valence-corrected chi connectivity index (χ1v) is 6.22. The molecule has 0 saturated carbocycles. The van der Waals surface area contributed by atoms with Gasteiger partial charge in [-0.1, -0.05) is 6.92 Å². The highest BCUT2D eigenvalue weighted by Gasteiger charge is 2.26. The van der Waals surface area contributed by atoms with E-state index in [1.54, 1.807) is 0 Å². The van der Waals surface area contributed by atoms with Gasteiger partial charge in [0, 0.05) is 25.6 Å². The van der Waals surface area contributed by atoms with Crippen LogP contribution in [0.3, 0.4) is 0 Å².